The molecule has 2 heterocycles. The third-order valence-corrected chi connectivity index (χ3v) is 3.19. The van der Waals surface area contributed by atoms with Crippen LogP contribution in [0.4, 0.5) is 0 Å². The molecule has 0 fully saturated rings. The Labute approximate surface area is 119 Å². The topological polar surface area (TPSA) is 56.5 Å². The summed E-state index contributed by atoms with van der Waals surface area (Å²) in [5.74, 6) is 0.162. The van der Waals surface area contributed by atoms with Crippen LogP contribution in [-0.2, 0) is 4.74 Å². The van der Waals surface area contributed by atoms with Crippen molar-refractivity contribution in [3.05, 3.63) is 53.2 Å². The molecule has 0 amide bonds. The molecule has 6 heteroatoms. The molecule has 0 saturated carbocycles. The molecule has 0 aliphatic heterocycles. The van der Waals surface area contributed by atoms with Gasteiger partial charge >= 0.3 is 5.97 Å². The Bertz CT molecular complexity index is 784. The summed E-state index contributed by atoms with van der Waals surface area (Å²) in [4.78, 5) is 11.6. The number of hydrogen-bond donors (Lipinski definition) is 0. The van der Waals surface area contributed by atoms with Crippen LogP contribution in [0.15, 0.2) is 42.6 Å². The molecular formula is C14H10ClN3O2. The molecule has 20 heavy (non-hydrogen) atoms. The number of hydrogen-bond acceptors (Lipinski definition) is 4. The predicted octanol–water partition coefficient (Wildman–Crippen LogP) is 2.84. The Balaban J connectivity index is 2.25. The van der Waals surface area contributed by atoms with Crippen LogP contribution in [0.1, 0.15) is 10.4 Å². The van der Waals surface area contributed by atoms with Gasteiger partial charge in [-0.25, -0.2) is 4.79 Å². The summed E-state index contributed by atoms with van der Waals surface area (Å²) in [5.41, 5.74) is 1.73. The Morgan fingerprint density at radius 1 is 1.25 bits per heavy atom. The van der Waals surface area contributed by atoms with Gasteiger partial charge in [0.2, 0.25) is 0 Å². The van der Waals surface area contributed by atoms with Gasteiger partial charge in [0.15, 0.2) is 11.5 Å². The SMILES string of the molecule is COC(=O)c1cc(Cl)c2nnc(-c3ccccc3)n2c1. The molecule has 3 aromatic rings. The van der Waals surface area contributed by atoms with Crippen molar-refractivity contribution in [1.82, 2.24) is 14.6 Å². The molecule has 0 spiro atoms. The van der Waals surface area contributed by atoms with E-state index in [9.17, 15) is 4.79 Å². The zero-order chi connectivity index (χ0) is 14.1. The summed E-state index contributed by atoms with van der Waals surface area (Å²) >= 11 is 6.13. The molecule has 1 aromatic carbocycles. The number of methoxy groups -OCH3 is 1. The van der Waals surface area contributed by atoms with Crippen molar-refractivity contribution in [2.24, 2.45) is 0 Å². The first-order valence-electron chi connectivity index (χ1n) is 5.88. The standard InChI is InChI=1S/C14H10ClN3O2/c1-20-14(19)10-7-11(15)13-17-16-12(18(13)8-10)9-5-3-2-4-6-9/h2-8H,1H3. The van der Waals surface area contributed by atoms with Crippen molar-refractivity contribution in [3.8, 4) is 11.4 Å². The first-order valence-corrected chi connectivity index (χ1v) is 6.26. The molecule has 0 atom stereocenters. The maximum atomic E-state index is 11.6. The van der Waals surface area contributed by atoms with Crippen LogP contribution in [0.3, 0.4) is 0 Å². The maximum absolute atomic E-state index is 11.6. The number of benzene rings is 1. The van der Waals surface area contributed by atoms with Gasteiger partial charge in [-0.15, -0.1) is 10.2 Å². The van der Waals surface area contributed by atoms with Crippen molar-refractivity contribution < 1.29 is 9.53 Å². The summed E-state index contributed by atoms with van der Waals surface area (Å²) in [6, 6.07) is 11.1. The van der Waals surface area contributed by atoms with E-state index in [1.54, 1.807) is 10.6 Å². The summed E-state index contributed by atoms with van der Waals surface area (Å²) in [6.45, 7) is 0. The number of carbonyl (C=O) groups is 1. The van der Waals surface area contributed by atoms with Crippen LogP contribution < -0.4 is 0 Å². The molecule has 0 N–H and O–H groups in total. The number of ether oxygens (including phenoxy) is 1. The lowest BCUT2D eigenvalue weighted by Gasteiger charge is -2.04. The van der Waals surface area contributed by atoms with Gasteiger partial charge in [-0.1, -0.05) is 41.9 Å². The van der Waals surface area contributed by atoms with E-state index >= 15 is 0 Å². The minimum absolute atomic E-state index is 0.349. The summed E-state index contributed by atoms with van der Waals surface area (Å²) < 4.78 is 6.40. The van der Waals surface area contributed by atoms with E-state index in [2.05, 4.69) is 10.2 Å². The zero-order valence-corrected chi connectivity index (χ0v) is 11.3. The fourth-order valence-corrected chi connectivity index (χ4v) is 2.21. The lowest BCUT2D eigenvalue weighted by atomic mass is 10.2. The molecule has 0 radical (unpaired) electrons. The fourth-order valence-electron chi connectivity index (χ4n) is 1.97. The smallest absolute Gasteiger partial charge is 0.339 e. The molecule has 3 rings (SSSR count). The highest BCUT2D eigenvalue weighted by Gasteiger charge is 2.15. The van der Waals surface area contributed by atoms with Gasteiger partial charge in [0.05, 0.1) is 17.7 Å². The van der Waals surface area contributed by atoms with E-state index in [1.807, 2.05) is 30.3 Å². The van der Waals surface area contributed by atoms with Gasteiger partial charge in [0.1, 0.15) is 0 Å². The van der Waals surface area contributed by atoms with E-state index in [4.69, 9.17) is 16.3 Å². The average molecular weight is 288 g/mol. The number of pyridine rings is 1. The third-order valence-electron chi connectivity index (χ3n) is 2.91. The molecule has 0 saturated heterocycles. The van der Waals surface area contributed by atoms with Gasteiger partial charge in [-0.3, -0.25) is 4.40 Å². The van der Waals surface area contributed by atoms with Crippen LogP contribution in [-0.4, -0.2) is 27.7 Å². The van der Waals surface area contributed by atoms with Crippen molar-refractivity contribution in [2.75, 3.05) is 7.11 Å². The van der Waals surface area contributed by atoms with E-state index in [-0.39, 0.29) is 0 Å². The summed E-state index contributed by atoms with van der Waals surface area (Å²) in [6.07, 6.45) is 1.62. The quantitative estimate of drug-likeness (QED) is 0.680. The van der Waals surface area contributed by atoms with Crippen LogP contribution >= 0.6 is 11.6 Å². The highest BCUT2D eigenvalue weighted by Crippen LogP contribution is 2.24. The number of rotatable bonds is 2. The minimum Gasteiger partial charge on any atom is -0.465 e. The molecule has 2 aromatic heterocycles. The lowest BCUT2D eigenvalue weighted by Crippen LogP contribution is -2.03. The van der Waals surface area contributed by atoms with Gasteiger partial charge in [-0.2, -0.15) is 0 Å². The van der Waals surface area contributed by atoms with E-state index < -0.39 is 5.97 Å². The van der Waals surface area contributed by atoms with Crippen molar-refractivity contribution in [2.45, 2.75) is 0 Å². The molecule has 0 aliphatic carbocycles. The second kappa shape index (κ2) is 4.94. The highest BCUT2D eigenvalue weighted by molar-refractivity contribution is 6.33. The van der Waals surface area contributed by atoms with Crippen LogP contribution in [0, 0.1) is 0 Å². The van der Waals surface area contributed by atoms with Crippen LogP contribution in [0.5, 0.6) is 0 Å². The van der Waals surface area contributed by atoms with Crippen LogP contribution in [0.2, 0.25) is 5.02 Å². The lowest BCUT2D eigenvalue weighted by molar-refractivity contribution is 0.0600. The molecule has 100 valence electrons. The number of fused-ring (bicyclic) bond motifs is 1. The number of carbonyl (C=O) groups excluding carboxylic acids is 1. The first kappa shape index (κ1) is 12.6. The maximum Gasteiger partial charge on any atom is 0.339 e. The Morgan fingerprint density at radius 2 is 2.00 bits per heavy atom. The Hall–Kier alpha value is -2.40. The largest absolute Gasteiger partial charge is 0.465 e. The highest BCUT2D eigenvalue weighted by atomic mass is 35.5. The second-order valence-corrected chi connectivity index (χ2v) is 4.56. The zero-order valence-electron chi connectivity index (χ0n) is 10.6. The summed E-state index contributed by atoms with van der Waals surface area (Å²) in [7, 11) is 1.32. The fraction of sp³-hybridized carbons (Fsp3) is 0.0714. The number of aromatic nitrogens is 3. The molecule has 0 bridgehead atoms. The molecular weight excluding hydrogens is 278 g/mol. The van der Waals surface area contributed by atoms with Crippen molar-refractivity contribution in [3.63, 3.8) is 0 Å². The number of esters is 1. The number of halogens is 1. The molecule has 5 nitrogen and oxygen atoms in total. The molecule has 0 unspecified atom stereocenters. The van der Waals surface area contributed by atoms with Crippen molar-refractivity contribution in [1.29, 1.82) is 0 Å². The van der Waals surface area contributed by atoms with Crippen molar-refractivity contribution >= 4 is 23.2 Å². The predicted molar refractivity (Wildman–Crippen MR) is 74.8 cm³/mol. The van der Waals surface area contributed by atoms with E-state index in [0.29, 0.717) is 22.1 Å². The normalized spacial score (nSPS) is 10.7. The van der Waals surface area contributed by atoms with Gasteiger partial charge in [0, 0.05) is 11.8 Å². The Morgan fingerprint density at radius 3 is 2.70 bits per heavy atom. The summed E-state index contributed by atoms with van der Waals surface area (Å²) in [5, 5.41) is 8.53. The van der Waals surface area contributed by atoms with E-state index in [1.165, 1.54) is 13.2 Å². The second-order valence-electron chi connectivity index (χ2n) is 4.15. The number of nitrogens with zero attached hydrogens (tertiary/aromatic N) is 3. The average Bonchev–Trinajstić information content (AvgIpc) is 2.91. The van der Waals surface area contributed by atoms with E-state index in [0.717, 1.165) is 5.56 Å². The third kappa shape index (κ3) is 2.02. The Kier molecular flexibility index (Phi) is 3.12. The van der Waals surface area contributed by atoms with Crippen LogP contribution in [0.25, 0.3) is 17.0 Å². The van der Waals surface area contributed by atoms with Gasteiger partial charge < -0.3 is 4.74 Å². The monoisotopic (exact) mass is 287 g/mol. The van der Waals surface area contributed by atoms with Gasteiger partial charge in [-0.05, 0) is 6.07 Å². The molecule has 0 aliphatic rings. The minimum atomic E-state index is -0.457. The van der Waals surface area contributed by atoms with Gasteiger partial charge in [0.25, 0.3) is 0 Å². The first-order chi connectivity index (χ1) is 9.70.